The van der Waals surface area contributed by atoms with Crippen LogP contribution in [0.5, 0.6) is 0 Å². The van der Waals surface area contributed by atoms with Gasteiger partial charge in [-0.15, -0.1) is 0 Å². The Kier molecular flexibility index (Phi) is 2.63. The van der Waals surface area contributed by atoms with E-state index in [0.29, 0.717) is 0 Å². The van der Waals surface area contributed by atoms with E-state index in [4.69, 9.17) is 0 Å². The van der Waals surface area contributed by atoms with E-state index in [0.717, 1.165) is 7.28 Å². The molecule has 0 aliphatic carbocycles. The van der Waals surface area contributed by atoms with Gasteiger partial charge in [-0.05, 0) is 46.5 Å². The summed E-state index contributed by atoms with van der Waals surface area (Å²) >= 11 is 0. The molecule has 0 saturated carbocycles. The average Bonchev–Trinajstić information content (AvgIpc) is 2.44. The van der Waals surface area contributed by atoms with Crippen LogP contribution in [-0.2, 0) is 0 Å². The highest BCUT2D eigenvalue weighted by Gasteiger charge is 2.08. The molecule has 3 rings (SSSR count). The first-order chi connectivity index (χ1) is 8.72. The third-order valence-corrected chi connectivity index (χ3v) is 4.04. The van der Waals surface area contributed by atoms with Crippen LogP contribution in [0.2, 0.25) is 6.82 Å². The normalized spacial score (nSPS) is 11.1. The fourth-order valence-electron chi connectivity index (χ4n) is 2.88. The first-order valence-corrected chi connectivity index (χ1v) is 6.63. The van der Waals surface area contributed by atoms with Gasteiger partial charge in [-0.25, -0.2) is 0 Å². The molecular weight excluding hydrogens is 215 g/mol. The molecule has 0 N–H and O–H groups in total. The third kappa shape index (κ3) is 1.54. The molecular formula is C17H17B. The second kappa shape index (κ2) is 4.17. The molecule has 1 heteroatoms. The van der Waals surface area contributed by atoms with Gasteiger partial charge in [0.25, 0.3) is 0 Å². The van der Waals surface area contributed by atoms with E-state index in [-0.39, 0.29) is 0 Å². The number of hydrogen-bond donors (Lipinski definition) is 0. The molecule has 0 saturated heterocycles. The van der Waals surface area contributed by atoms with Crippen molar-refractivity contribution in [1.29, 1.82) is 0 Å². The van der Waals surface area contributed by atoms with E-state index in [1.807, 2.05) is 0 Å². The van der Waals surface area contributed by atoms with Crippen LogP contribution in [0.15, 0.2) is 42.5 Å². The van der Waals surface area contributed by atoms with Gasteiger partial charge in [0.15, 0.2) is 7.28 Å². The Morgan fingerprint density at radius 1 is 0.722 bits per heavy atom. The lowest BCUT2D eigenvalue weighted by Gasteiger charge is -2.12. The Morgan fingerprint density at radius 3 is 1.89 bits per heavy atom. The standard InChI is InChI=1S/C17H17B/c1-11-14-6-4-5-7-15(14)12(2)17-10-13(18-3)8-9-16(11)17/h4-10,18H,1-3H3. The first-order valence-electron chi connectivity index (χ1n) is 6.63. The zero-order chi connectivity index (χ0) is 12.7. The summed E-state index contributed by atoms with van der Waals surface area (Å²) in [7, 11) is 1.10. The monoisotopic (exact) mass is 232 g/mol. The topological polar surface area (TPSA) is 0 Å². The van der Waals surface area contributed by atoms with Crippen molar-refractivity contribution in [1.82, 2.24) is 0 Å². The zero-order valence-corrected chi connectivity index (χ0v) is 11.2. The summed E-state index contributed by atoms with van der Waals surface area (Å²) < 4.78 is 0. The van der Waals surface area contributed by atoms with E-state index >= 15 is 0 Å². The van der Waals surface area contributed by atoms with E-state index in [9.17, 15) is 0 Å². The van der Waals surface area contributed by atoms with E-state index in [2.05, 4.69) is 63.1 Å². The summed E-state index contributed by atoms with van der Waals surface area (Å²) in [5.74, 6) is 0. The number of aryl methyl sites for hydroxylation is 2. The van der Waals surface area contributed by atoms with Crippen molar-refractivity contribution in [2.75, 3.05) is 0 Å². The van der Waals surface area contributed by atoms with Crippen LogP contribution in [0, 0.1) is 13.8 Å². The van der Waals surface area contributed by atoms with Crippen molar-refractivity contribution < 1.29 is 0 Å². The maximum Gasteiger partial charge on any atom is 0.154 e. The van der Waals surface area contributed by atoms with Crippen molar-refractivity contribution >= 4 is 34.3 Å². The molecule has 0 amide bonds. The van der Waals surface area contributed by atoms with Gasteiger partial charge in [0.1, 0.15) is 0 Å². The third-order valence-electron chi connectivity index (χ3n) is 4.04. The highest BCUT2D eigenvalue weighted by Crippen LogP contribution is 2.31. The molecule has 0 radical (unpaired) electrons. The molecule has 0 fully saturated rings. The van der Waals surface area contributed by atoms with Gasteiger partial charge in [0.2, 0.25) is 0 Å². The summed E-state index contributed by atoms with van der Waals surface area (Å²) in [5, 5.41) is 5.57. The Bertz CT molecular complexity index is 741. The van der Waals surface area contributed by atoms with Crippen molar-refractivity contribution in [3.05, 3.63) is 53.6 Å². The Balaban J connectivity index is 2.54. The molecule has 88 valence electrons. The maximum atomic E-state index is 2.35. The second-order valence-electron chi connectivity index (χ2n) is 5.03. The van der Waals surface area contributed by atoms with Crippen LogP contribution in [0.4, 0.5) is 0 Å². The van der Waals surface area contributed by atoms with Gasteiger partial charge in [-0.2, -0.15) is 0 Å². The van der Waals surface area contributed by atoms with Crippen molar-refractivity contribution in [3.63, 3.8) is 0 Å². The van der Waals surface area contributed by atoms with Gasteiger partial charge in [0, 0.05) is 0 Å². The molecule has 0 heterocycles. The fraction of sp³-hybridized carbons (Fsp3) is 0.176. The summed E-state index contributed by atoms with van der Waals surface area (Å²) in [6, 6.07) is 15.6. The minimum atomic E-state index is 1.10. The van der Waals surface area contributed by atoms with Gasteiger partial charge < -0.3 is 0 Å². The number of fused-ring (bicyclic) bond motifs is 2. The lowest BCUT2D eigenvalue weighted by molar-refractivity contribution is 1.53. The molecule has 0 aromatic heterocycles. The zero-order valence-electron chi connectivity index (χ0n) is 11.2. The number of hydrogen-bond acceptors (Lipinski definition) is 0. The molecule has 0 nitrogen and oxygen atoms in total. The van der Waals surface area contributed by atoms with Crippen LogP contribution in [0.1, 0.15) is 11.1 Å². The van der Waals surface area contributed by atoms with Gasteiger partial charge >= 0.3 is 0 Å². The minimum absolute atomic E-state index is 1.10. The molecule has 0 aliphatic heterocycles. The van der Waals surface area contributed by atoms with E-state index in [1.54, 1.807) is 0 Å². The van der Waals surface area contributed by atoms with Crippen LogP contribution in [0.25, 0.3) is 21.5 Å². The molecule has 0 spiro atoms. The van der Waals surface area contributed by atoms with Gasteiger partial charge in [-0.3, -0.25) is 0 Å². The van der Waals surface area contributed by atoms with E-state index in [1.165, 1.54) is 38.1 Å². The lowest BCUT2D eigenvalue weighted by Crippen LogP contribution is -2.09. The predicted octanol–water partition coefficient (Wildman–Crippen LogP) is 3.72. The number of benzene rings is 3. The van der Waals surface area contributed by atoms with Crippen LogP contribution in [0.3, 0.4) is 0 Å². The largest absolute Gasteiger partial charge is 0.154 e. The molecule has 3 aromatic rings. The Morgan fingerprint density at radius 2 is 1.28 bits per heavy atom. The average molecular weight is 232 g/mol. The van der Waals surface area contributed by atoms with E-state index < -0.39 is 0 Å². The summed E-state index contributed by atoms with van der Waals surface area (Å²) in [6.45, 7) is 6.68. The summed E-state index contributed by atoms with van der Waals surface area (Å²) in [5.41, 5.74) is 4.22. The molecule has 0 atom stereocenters. The molecule has 18 heavy (non-hydrogen) atoms. The Hall–Kier alpha value is -1.76. The van der Waals surface area contributed by atoms with Crippen LogP contribution >= 0.6 is 0 Å². The second-order valence-corrected chi connectivity index (χ2v) is 5.03. The van der Waals surface area contributed by atoms with Gasteiger partial charge in [-0.1, -0.05) is 54.8 Å². The lowest BCUT2D eigenvalue weighted by atomic mass is 9.72. The fourth-order valence-corrected chi connectivity index (χ4v) is 2.88. The SMILES string of the molecule is CBc1ccc2c(C)c3ccccc3c(C)c2c1. The maximum absolute atomic E-state index is 2.35. The number of rotatable bonds is 1. The molecule has 0 aliphatic rings. The highest BCUT2D eigenvalue weighted by atomic mass is 14.1. The highest BCUT2D eigenvalue weighted by molar-refractivity contribution is 6.52. The first kappa shape index (κ1) is 11.3. The smallest absolute Gasteiger partial charge is 0.0849 e. The predicted molar refractivity (Wildman–Crippen MR) is 83.6 cm³/mol. The minimum Gasteiger partial charge on any atom is -0.0849 e. The van der Waals surface area contributed by atoms with Crippen LogP contribution < -0.4 is 5.46 Å². The molecule has 0 unspecified atom stereocenters. The molecule has 3 aromatic carbocycles. The van der Waals surface area contributed by atoms with Crippen molar-refractivity contribution in [2.24, 2.45) is 0 Å². The van der Waals surface area contributed by atoms with Gasteiger partial charge in [0.05, 0.1) is 0 Å². The van der Waals surface area contributed by atoms with Crippen LogP contribution in [-0.4, -0.2) is 7.28 Å². The quantitative estimate of drug-likeness (QED) is 0.443. The summed E-state index contributed by atoms with van der Waals surface area (Å²) in [6.07, 6.45) is 0. The van der Waals surface area contributed by atoms with Crippen molar-refractivity contribution in [3.8, 4) is 0 Å². The Labute approximate surface area is 109 Å². The van der Waals surface area contributed by atoms with Crippen molar-refractivity contribution in [2.45, 2.75) is 20.7 Å². The molecule has 0 bridgehead atoms. The summed E-state index contributed by atoms with van der Waals surface area (Å²) in [4.78, 5) is 0.